The van der Waals surface area contributed by atoms with E-state index in [4.69, 9.17) is 4.74 Å². The molecule has 0 aliphatic heterocycles. The molecule has 0 saturated heterocycles. The zero-order chi connectivity index (χ0) is 23.3. The topological polar surface area (TPSA) is 68.2 Å². The molecule has 0 saturated carbocycles. The fourth-order valence-electron chi connectivity index (χ4n) is 3.07. The molecule has 0 bridgehead atoms. The number of likely N-dealkylation sites (N-methyl/N-ethyl adjacent to an activating group) is 1. The standard InChI is InChI=1S/C22H20F4N4O2/c1-3-30(14(2)13-32-19-8-5-15(12-29-19)22(24,25)26)21(31)17-7-6-16(23)11-18(17)20-27-9-4-10-28-20/h4-12,14H,3,13H2,1-2H3/t14-/m0/s1. The first-order valence-electron chi connectivity index (χ1n) is 9.74. The van der Waals surface area contributed by atoms with Crippen molar-refractivity contribution in [1.82, 2.24) is 19.9 Å². The lowest BCUT2D eigenvalue weighted by atomic mass is 10.0. The molecule has 0 unspecified atom stereocenters. The number of hydrogen-bond donors (Lipinski definition) is 0. The van der Waals surface area contributed by atoms with Gasteiger partial charge in [-0.2, -0.15) is 13.2 Å². The van der Waals surface area contributed by atoms with Gasteiger partial charge in [0, 0.05) is 36.8 Å². The van der Waals surface area contributed by atoms with Gasteiger partial charge in [-0.1, -0.05) is 0 Å². The Hall–Kier alpha value is -3.56. The average Bonchev–Trinajstić information content (AvgIpc) is 2.78. The van der Waals surface area contributed by atoms with Crippen LogP contribution in [-0.4, -0.2) is 45.0 Å². The number of carbonyl (C=O) groups excluding carboxylic acids is 1. The van der Waals surface area contributed by atoms with E-state index in [1.165, 1.54) is 35.5 Å². The SMILES string of the molecule is CCN(C(=O)c1ccc(F)cc1-c1ncccn1)[C@@H](C)COc1ccc(C(F)(F)F)cn1. The number of carbonyl (C=O) groups is 1. The van der Waals surface area contributed by atoms with Gasteiger partial charge in [-0.3, -0.25) is 4.79 Å². The highest BCUT2D eigenvalue weighted by Gasteiger charge is 2.31. The van der Waals surface area contributed by atoms with Crippen molar-refractivity contribution in [2.75, 3.05) is 13.2 Å². The molecule has 32 heavy (non-hydrogen) atoms. The first kappa shape index (κ1) is 23.1. The minimum Gasteiger partial charge on any atom is -0.475 e. The minimum absolute atomic E-state index is 0.00366. The van der Waals surface area contributed by atoms with E-state index >= 15 is 0 Å². The first-order chi connectivity index (χ1) is 15.2. The van der Waals surface area contributed by atoms with Gasteiger partial charge in [0.25, 0.3) is 5.91 Å². The highest BCUT2D eigenvalue weighted by atomic mass is 19.4. The van der Waals surface area contributed by atoms with E-state index in [9.17, 15) is 22.4 Å². The van der Waals surface area contributed by atoms with Crippen LogP contribution in [0, 0.1) is 5.82 Å². The number of rotatable bonds is 7. The summed E-state index contributed by atoms with van der Waals surface area (Å²) >= 11 is 0. The third-order valence-electron chi connectivity index (χ3n) is 4.69. The number of benzene rings is 1. The second-order valence-electron chi connectivity index (χ2n) is 6.90. The van der Waals surface area contributed by atoms with Crippen molar-refractivity contribution in [2.24, 2.45) is 0 Å². The number of alkyl halides is 3. The summed E-state index contributed by atoms with van der Waals surface area (Å²) < 4.78 is 57.3. The molecule has 0 radical (unpaired) electrons. The molecule has 1 amide bonds. The van der Waals surface area contributed by atoms with E-state index in [0.717, 1.165) is 12.1 Å². The summed E-state index contributed by atoms with van der Waals surface area (Å²) in [5.74, 6) is -0.694. The maximum Gasteiger partial charge on any atom is 0.417 e. The normalized spacial score (nSPS) is 12.3. The maximum atomic E-state index is 13.9. The van der Waals surface area contributed by atoms with Crippen molar-refractivity contribution in [3.63, 3.8) is 0 Å². The van der Waals surface area contributed by atoms with Crippen molar-refractivity contribution in [1.29, 1.82) is 0 Å². The van der Waals surface area contributed by atoms with Crippen molar-refractivity contribution in [3.8, 4) is 17.3 Å². The molecule has 10 heteroatoms. The van der Waals surface area contributed by atoms with Gasteiger partial charge in [-0.15, -0.1) is 0 Å². The molecule has 0 fully saturated rings. The largest absolute Gasteiger partial charge is 0.475 e. The Labute approximate surface area is 181 Å². The molecule has 0 aliphatic rings. The average molecular weight is 448 g/mol. The summed E-state index contributed by atoms with van der Waals surface area (Å²) in [7, 11) is 0. The molecule has 168 valence electrons. The zero-order valence-electron chi connectivity index (χ0n) is 17.3. The predicted molar refractivity (Wildman–Crippen MR) is 108 cm³/mol. The number of nitrogens with zero attached hydrogens (tertiary/aromatic N) is 4. The Morgan fingerprint density at radius 1 is 1.12 bits per heavy atom. The zero-order valence-corrected chi connectivity index (χ0v) is 17.3. The number of amides is 1. The Balaban J connectivity index is 1.76. The molecule has 0 N–H and O–H groups in total. The van der Waals surface area contributed by atoms with Gasteiger partial charge in [0.05, 0.1) is 17.2 Å². The van der Waals surface area contributed by atoms with Crippen LogP contribution in [0.3, 0.4) is 0 Å². The lowest BCUT2D eigenvalue weighted by Crippen LogP contribution is -2.42. The molecule has 0 aliphatic carbocycles. The van der Waals surface area contributed by atoms with Crippen molar-refractivity contribution in [2.45, 2.75) is 26.1 Å². The third kappa shape index (κ3) is 5.37. The van der Waals surface area contributed by atoms with E-state index in [2.05, 4.69) is 15.0 Å². The third-order valence-corrected chi connectivity index (χ3v) is 4.69. The molecule has 2 aromatic heterocycles. The summed E-state index contributed by atoms with van der Waals surface area (Å²) in [6, 6.07) is 6.91. The van der Waals surface area contributed by atoms with Gasteiger partial charge >= 0.3 is 6.18 Å². The Kier molecular flexibility index (Phi) is 7.01. The molecule has 1 atom stereocenters. The lowest BCUT2D eigenvalue weighted by Gasteiger charge is -2.28. The van der Waals surface area contributed by atoms with Crippen molar-refractivity contribution >= 4 is 5.91 Å². The summed E-state index contributed by atoms with van der Waals surface area (Å²) in [5, 5.41) is 0. The molecular formula is C22H20F4N4O2. The second kappa shape index (κ2) is 9.71. The molecule has 3 rings (SSSR count). The summed E-state index contributed by atoms with van der Waals surface area (Å²) in [4.78, 5) is 26.6. The fraction of sp³-hybridized carbons (Fsp3) is 0.273. The highest BCUT2D eigenvalue weighted by molar-refractivity contribution is 6.00. The van der Waals surface area contributed by atoms with Crippen LogP contribution in [0.15, 0.2) is 55.0 Å². The smallest absolute Gasteiger partial charge is 0.417 e. The van der Waals surface area contributed by atoms with E-state index in [1.54, 1.807) is 19.9 Å². The number of aromatic nitrogens is 3. The number of halogens is 4. The number of hydrogen-bond acceptors (Lipinski definition) is 5. The summed E-state index contributed by atoms with van der Waals surface area (Å²) in [5.41, 5.74) is -0.402. The Bertz CT molecular complexity index is 1060. The van der Waals surface area contributed by atoms with E-state index in [0.29, 0.717) is 12.7 Å². The van der Waals surface area contributed by atoms with Gasteiger partial charge in [0.15, 0.2) is 5.82 Å². The van der Waals surface area contributed by atoms with Gasteiger partial charge in [-0.25, -0.2) is 19.3 Å². The molecule has 2 heterocycles. The lowest BCUT2D eigenvalue weighted by molar-refractivity contribution is -0.137. The number of pyridine rings is 1. The van der Waals surface area contributed by atoms with Crippen LogP contribution in [0.4, 0.5) is 17.6 Å². The quantitative estimate of drug-likeness (QED) is 0.493. The van der Waals surface area contributed by atoms with Crippen LogP contribution in [0.25, 0.3) is 11.4 Å². The summed E-state index contributed by atoms with van der Waals surface area (Å²) in [6.07, 6.45) is -0.813. The van der Waals surface area contributed by atoms with Crippen LogP contribution in [0.1, 0.15) is 29.8 Å². The maximum absolute atomic E-state index is 13.9. The van der Waals surface area contributed by atoms with Crippen molar-refractivity contribution < 1.29 is 27.1 Å². The van der Waals surface area contributed by atoms with Gasteiger partial charge in [-0.05, 0) is 44.2 Å². The molecular weight excluding hydrogens is 428 g/mol. The molecule has 3 aromatic rings. The van der Waals surface area contributed by atoms with Gasteiger partial charge in [0.2, 0.25) is 5.88 Å². The van der Waals surface area contributed by atoms with Crippen LogP contribution >= 0.6 is 0 Å². The molecule has 0 spiro atoms. The Morgan fingerprint density at radius 3 is 2.44 bits per heavy atom. The van der Waals surface area contributed by atoms with Crippen LogP contribution in [-0.2, 0) is 6.18 Å². The van der Waals surface area contributed by atoms with Crippen molar-refractivity contribution in [3.05, 3.63) is 71.9 Å². The monoisotopic (exact) mass is 448 g/mol. The molecule has 1 aromatic carbocycles. The predicted octanol–water partition coefficient (Wildman–Crippen LogP) is 4.63. The summed E-state index contributed by atoms with van der Waals surface area (Å²) in [6.45, 7) is 3.81. The van der Waals surface area contributed by atoms with E-state index < -0.39 is 23.6 Å². The fourth-order valence-corrected chi connectivity index (χ4v) is 3.07. The van der Waals surface area contributed by atoms with E-state index in [1.807, 2.05) is 0 Å². The minimum atomic E-state index is -4.49. The number of ether oxygens (including phenoxy) is 1. The highest BCUT2D eigenvalue weighted by Crippen LogP contribution is 2.29. The van der Waals surface area contributed by atoms with Gasteiger partial charge in [0.1, 0.15) is 12.4 Å². The van der Waals surface area contributed by atoms with Crippen LogP contribution < -0.4 is 4.74 Å². The van der Waals surface area contributed by atoms with Gasteiger partial charge < -0.3 is 9.64 Å². The van der Waals surface area contributed by atoms with Crippen LogP contribution in [0.2, 0.25) is 0 Å². The second-order valence-corrected chi connectivity index (χ2v) is 6.90. The molecule has 6 nitrogen and oxygen atoms in total. The Morgan fingerprint density at radius 2 is 1.84 bits per heavy atom. The van der Waals surface area contributed by atoms with E-state index in [-0.39, 0.29) is 35.3 Å². The van der Waals surface area contributed by atoms with Crippen LogP contribution in [0.5, 0.6) is 5.88 Å². The first-order valence-corrected chi connectivity index (χ1v) is 9.74.